The topological polar surface area (TPSA) is 86.5 Å². The van der Waals surface area contributed by atoms with Crippen molar-refractivity contribution in [2.24, 2.45) is 9.98 Å². The summed E-state index contributed by atoms with van der Waals surface area (Å²) in [4.78, 5) is 21.9. The van der Waals surface area contributed by atoms with E-state index in [0.717, 1.165) is 31.2 Å². The van der Waals surface area contributed by atoms with Gasteiger partial charge in [-0.15, -0.1) is 0 Å². The zero-order chi connectivity index (χ0) is 18.2. The van der Waals surface area contributed by atoms with E-state index in [-0.39, 0.29) is 5.71 Å². The first-order chi connectivity index (χ1) is 12.6. The molecule has 26 heavy (non-hydrogen) atoms. The molecule has 2 N–H and O–H groups in total. The van der Waals surface area contributed by atoms with Gasteiger partial charge in [0, 0.05) is 0 Å². The van der Waals surface area contributed by atoms with E-state index in [1.54, 1.807) is 4.90 Å². The van der Waals surface area contributed by atoms with E-state index in [4.69, 9.17) is 4.74 Å². The summed E-state index contributed by atoms with van der Waals surface area (Å²) < 4.78 is 6.03. The second-order valence-corrected chi connectivity index (χ2v) is 7.00. The van der Waals surface area contributed by atoms with Crippen molar-refractivity contribution in [1.29, 1.82) is 0 Å². The molecular weight excluding hydrogens is 332 g/mol. The molecule has 0 radical (unpaired) electrons. The minimum absolute atomic E-state index is 0.0146. The molecule has 7 nitrogen and oxygen atoms in total. The third-order valence-electron chi connectivity index (χ3n) is 5.29. The van der Waals surface area contributed by atoms with Crippen LogP contribution in [0.2, 0.25) is 0 Å². The lowest BCUT2D eigenvalue weighted by atomic mass is 9.92. The lowest BCUT2D eigenvalue weighted by Gasteiger charge is -2.51. The van der Waals surface area contributed by atoms with Crippen molar-refractivity contribution in [3.05, 3.63) is 48.3 Å². The number of rotatable bonds is 5. The Morgan fingerprint density at radius 1 is 1.27 bits per heavy atom. The van der Waals surface area contributed by atoms with Gasteiger partial charge in [-0.25, -0.2) is 9.98 Å². The molecule has 0 spiro atoms. The Balaban J connectivity index is 1.59. The Hall–Kier alpha value is -2.51. The van der Waals surface area contributed by atoms with E-state index in [1.165, 1.54) is 6.34 Å². The summed E-state index contributed by atoms with van der Waals surface area (Å²) in [5.41, 5.74) is 0.585. The SMILES string of the molecule is C=C1NC(=O)C2=NC=NC2(O)N1C1(COCc2ccccc2)CCCC1. The number of benzene rings is 1. The number of carbonyl (C=O) groups is 1. The van der Waals surface area contributed by atoms with Crippen LogP contribution in [0.15, 0.2) is 52.7 Å². The van der Waals surface area contributed by atoms with Crippen LogP contribution in [-0.4, -0.2) is 46.0 Å². The van der Waals surface area contributed by atoms with Gasteiger partial charge in [-0.1, -0.05) is 49.8 Å². The molecule has 1 unspecified atom stereocenters. The number of carbonyl (C=O) groups excluding carboxylic acids is 1. The van der Waals surface area contributed by atoms with Crippen molar-refractivity contribution in [3.63, 3.8) is 0 Å². The van der Waals surface area contributed by atoms with Gasteiger partial charge in [0.25, 0.3) is 11.8 Å². The first kappa shape index (κ1) is 16.9. The molecule has 1 aliphatic carbocycles. The van der Waals surface area contributed by atoms with E-state index in [1.807, 2.05) is 30.3 Å². The molecule has 1 amide bonds. The van der Waals surface area contributed by atoms with E-state index >= 15 is 0 Å². The van der Waals surface area contributed by atoms with Crippen LogP contribution in [0.1, 0.15) is 31.2 Å². The fourth-order valence-corrected chi connectivity index (χ4v) is 4.14. The maximum atomic E-state index is 12.2. The van der Waals surface area contributed by atoms with Gasteiger partial charge in [0.2, 0.25) is 0 Å². The highest BCUT2D eigenvalue weighted by molar-refractivity contribution is 6.44. The van der Waals surface area contributed by atoms with Gasteiger partial charge in [0.15, 0.2) is 5.71 Å². The monoisotopic (exact) mass is 354 g/mol. The number of amides is 1. The van der Waals surface area contributed by atoms with Crippen molar-refractivity contribution in [3.8, 4) is 0 Å². The van der Waals surface area contributed by atoms with Crippen molar-refractivity contribution < 1.29 is 14.6 Å². The Morgan fingerprint density at radius 3 is 2.73 bits per heavy atom. The molecular formula is C19H22N4O3. The van der Waals surface area contributed by atoms with Crippen molar-refractivity contribution >= 4 is 18.0 Å². The summed E-state index contributed by atoms with van der Waals surface area (Å²) in [6, 6.07) is 9.95. The van der Waals surface area contributed by atoms with Crippen LogP contribution in [0, 0.1) is 0 Å². The lowest BCUT2D eigenvalue weighted by molar-refractivity contribution is -0.135. The molecule has 3 aliphatic rings. The van der Waals surface area contributed by atoms with Crippen LogP contribution in [0.4, 0.5) is 0 Å². The predicted octanol–water partition coefficient (Wildman–Crippen LogP) is 1.55. The Morgan fingerprint density at radius 2 is 2.00 bits per heavy atom. The average Bonchev–Trinajstić information content (AvgIpc) is 3.23. The number of nitrogens with one attached hydrogen (secondary N) is 1. The van der Waals surface area contributed by atoms with Crippen molar-refractivity contribution in [2.45, 2.75) is 43.7 Å². The van der Waals surface area contributed by atoms with E-state index < -0.39 is 17.3 Å². The fourth-order valence-electron chi connectivity index (χ4n) is 4.14. The number of aliphatic hydroxyl groups is 1. The number of ether oxygens (including phenoxy) is 1. The molecule has 1 aromatic carbocycles. The highest BCUT2D eigenvalue weighted by Crippen LogP contribution is 2.43. The number of hydrogen-bond acceptors (Lipinski definition) is 6. The van der Waals surface area contributed by atoms with Gasteiger partial charge in [0.1, 0.15) is 12.2 Å². The molecule has 2 aliphatic heterocycles. The van der Waals surface area contributed by atoms with E-state index in [9.17, 15) is 9.90 Å². The molecule has 1 atom stereocenters. The predicted molar refractivity (Wildman–Crippen MR) is 97.3 cm³/mol. The van der Waals surface area contributed by atoms with Crippen LogP contribution < -0.4 is 5.32 Å². The maximum Gasteiger partial charge on any atom is 0.291 e. The summed E-state index contributed by atoms with van der Waals surface area (Å²) in [6.07, 6.45) is 4.90. The van der Waals surface area contributed by atoms with E-state index in [0.29, 0.717) is 19.0 Å². The van der Waals surface area contributed by atoms with Crippen LogP contribution in [0.25, 0.3) is 0 Å². The summed E-state index contributed by atoms with van der Waals surface area (Å²) >= 11 is 0. The average molecular weight is 354 g/mol. The Labute approximate surface area is 152 Å². The van der Waals surface area contributed by atoms with Crippen LogP contribution >= 0.6 is 0 Å². The zero-order valence-electron chi connectivity index (χ0n) is 14.5. The smallest absolute Gasteiger partial charge is 0.291 e. The van der Waals surface area contributed by atoms with Gasteiger partial charge < -0.3 is 15.2 Å². The first-order valence-electron chi connectivity index (χ1n) is 8.82. The molecule has 2 fully saturated rings. The van der Waals surface area contributed by atoms with Crippen LogP contribution in [0.5, 0.6) is 0 Å². The number of nitrogens with zero attached hydrogens (tertiary/aromatic N) is 3. The molecule has 2 heterocycles. The minimum Gasteiger partial charge on any atom is -0.374 e. The fraction of sp³-hybridized carbons (Fsp3) is 0.421. The molecule has 1 aromatic rings. The summed E-state index contributed by atoms with van der Waals surface area (Å²) in [5, 5.41) is 13.9. The number of hydrogen-bond donors (Lipinski definition) is 2. The van der Waals surface area contributed by atoms with Crippen molar-refractivity contribution in [1.82, 2.24) is 10.2 Å². The Bertz CT molecular complexity index is 783. The lowest BCUT2D eigenvalue weighted by Crippen LogP contribution is -2.70. The van der Waals surface area contributed by atoms with Gasteiger partial charge in [-0.05, 0) is 18.4 Å². The molecule has 0 bridgehead atoms. The van der Waals surface area contributed by atoms with Gasteiger partial charge in [-0.3, -0.25) is 9.69 Å². The second kappa shape index (κ2) is 6.34. The molecule has 1 saturated heterocycles. The molecule has 7 heteroatoms. The third-order valence-corrected chi connectivity index (χ3v) is 5.29. The number of fused-ring (bicyclic) bond motifs is 1. The summed E-state index contributed by atoms with van der Waals surface area (Å²) in [7, 11) is 0. The number of aliphatic imine (C=N–C) groups is 2. The Kier molecular flexibility index (Phi) is 4.13. The molecule has 1 saturated carbocycles. The minimum atomic E-state index is -1.81. The molecule has 0 aromatic heterocycles. The van der Waals surface area contributed by atoms with Crippen molar-refractivity contribution in [2.75, 3.05) is 6.61 Å². The largest absolute Gasteiger partial charge is 0.374 e. The zero-order valence-corrected chi connectivity index (χ0v) is 14.5. The van der Waals surface area contributed by atoms with Crippen LogP contribution in [0.3, 0.4) is 0 Å². The highest BCUT2D eigenvalue weighted by atomic mass is 16.5. The highest BCUT2D eigenvalue weighted by Gasteiger charge is 2.58. The van der Waals surface area contributed by atoms with Gasteiger partial charge >= 0.3 is 0 Å². The third kappa shape index (κ3) is 2.64. The quantitative estimate of drug-likeness (QED) is 0.840. The molecule has 136 valence electrons. The van der Waals surface area contributed by atoms with E-state index in [2.05, 4.69) is 21.9 Å². The van der Waals surface area contributed by atoms with Gasteiger partial charge in [-0.2, -0.15) is 0 Å². The first-order valence-corrected chi connectivity index (χ1v) is 8.82. The summed E-state index contributed by atoms with van der Waals surface area (Å²) in [5.74, 6) is -1.94. The standard InChI is InChI=1S/C19H22N4O3/c1-14-22-17(24)16-19(25,21-13-20-16)23(14)18(9-5-6-10-18)12-26-11-15-7-3-2-4-8-15/h2-4,7-8,13,25H,1,5-6,9-12H2,(H,22,24). The van der Waals surface area contributed by atoms with Gasteiger partial charge in [0.05, 0.1) is 18.8 Å². The molecule has 4 rings (SSSR count). The normalized spacial score (nSPS) is 26.7. The maximum absolute atomic E-state index is 12.2. The summed E-state index contributed by atoms with van der Waals surface area (Å²) in [6.45, 7) is 4.85. The van der Waals surface area contributed by atoms with Crippen LogP contribution in [-0.2, 0) is 16.1 Å². The second-order valence-electron chi connectivity index (χ2n) is 7.00.